The Hall–Kier alpha value is -2.71. The zero-order valence-electron chi connectivity index (χ0n) is 11.1. The first-order chi connectivity index (χ1) is 9.72. The van der Waals surface area contributed by atoms with Gasteiger partial charge in [-0.1, -0.05) is 6.07 Å². The first-order valence-electron chi connectivity index (χ1n) is 6.14. The zero-order valence-corrected chi connectivity index (χ0v) is 11.1. The summed E-state index contributed by atoms with van der Waals surface area (Å²) in [5.74, 6) is -0.222. The number of amides is 1. The van der Waals surface area contributed by atoms with Crippen LogP contribution in [0.1, 0.15) is 21.6 Å². The Balaban J connectivity index is 2.15. The molecule has 100 valence electrons. The number of hydrogen-bond donors (Lipinski definition) is 2. The van der Waals surface area contributed by atoms with Crippen LogP contribution in [0.25, 0.3) is 0 Å². The van der Waals surface area contributed by atoms with Gasteiger partial charge in [-0.2, -0.15) is 5.26 Å². The average molecular weight is 266 g/mol. The van der Waals surface area contributed by atoms with E-state index in [2.05, 4.69) is 15.6 Å². The van der Waals surface area contributed by atoms with E-state index < -0.39 is 0 Å². The van der Waals surface area contributed by atoms with Crippen LogP contribution in [-0.4, -0.2) is 17.9 Å². The summed E-state index contributed by atoms with van der Waals surface area (Å²) in [5.41, 5.74) is 2.44. The lowest BCUT2D eigenvalue weighted by Crippen LogP contribution is -2.14. The van der Waals surface area contributed by atoms with Gasteiger partial charge in [0, 0.05) is 24.0 Å². The molecule has 0 bridgehead atoms. The minimum Gasteiger partial charge on any atom is -0.322 e. The normalized spacial score (nSPS) is 9.80. The van der Waals surface area contributed by atoms with Crippen molar-refractivity contribution in [3.63, 3.8) is 0 Å². The third-order valence-corrected chi connectivity index (χ3v) is 2.69. The summed E-state index contributed by atoms with van der Waals surface area (Å²) in [6.07, 6.45) is 1.60. The third kappa shape index (κ3) is 3.40. The Morgan fingerprint density at radius 2 is 2.20 bits per heavy atom. The summed E-state index contributed by atoms with van der Waals surface area (Å²) in [7, 11) is 1.82. The maximum absolute atomic E-state index is 12.1. The molecule has 2 N–H and O–H groups in total. The summed E-state index contributed by atoms with van der Waals surface area (Å²) in [4.78, 5) is 16.3. The molecule has 1 heterocycles. The summed E-state index contributed by atoms with van der Waals surface area (Å²) < 4.78 is 0. The van der Waals surface area contributed by atoms with Crippen LogP contribution in [0.4, 0.5) is 5.69 Å². The molecule has 1 amide bonds. The number of benzene rings is 1. The van der Waals surface area contributed by atoms with Crippen LogP contribution in [0.5, 0.6) is 0 Å². The first-order valence-corrected chi connectivity index (χ1v) is 6.14. The van der Waals surface area contributed by atoms with E-state index in [1.54, 1.807) is 42.6 Å². The van der Waals surface area contributed by atoms with Crippen LogP contribution < -0.4 is 10.6 Å². The lowest BCUT2D eigenvalue weighted by atomic mass is 10.2. The highest BCUT2D eigenvalue weighted by molar-refractivity contribution is 6.04. The molecule has 0 unspecified atom stereocenters. The molecule has 0 saturated heterocycles. The van der Waals surface area contributed by atoms with Crippen molar-refractivity contribution >= 4 is 11.6 Å². The van der Waals surface area contributed by atoms with Gasteiger partial charge in [0.2, 0.25) is 0 Å². The number of nitrogens with one attached hydrogen (secondary N) is 2. The Bertz CT molecular complexity index is 661. The van der Waals surface area contributed by atoms with Crippen LogP contribution in [-0.2, 0) is 6.54 Å². The van der Waals surface area contributed by atoms with Crippen LogP contribution in [0, 0.1) is 11.3 Å². The van der Waals surface area contributed by atoms with E-state index >= 15 is 0 Å². The Labute approximate surface area is 117 Å². The molecular weight excluding hydrogens is 252 g/mol. The predicted molar refractivity (Wildman–Crippen MR) is 76.1 cm³/mol. The van der Waals surface area contributed by atoms with Gasteiger partial charge in [0.25, 0.3) is 5.91 Å². The monoisotopic (exact) mass is 266 g/mol. The van der Waals surface area contributed by atoms with E-state index in [0.717, 1.165) is 5.69 Å². The summed E-state index contributed by atoms with van der Waals surface area (Å²) in [5, 5.41) is 14.6. The molecule has 1 aromatic carbocycles. The summed E-state index contributed by atoms with van der Waals surface area (Å²) in [6, 6.07) is 12.2. The standard InChI is InChI=1S/C15H14N4O/c1-17-10-14-8-12(5-6-18-14)15(20)19-13-4-2-3-11(7-13)9-16/h2-8,17H,10H2,1H3,(H,19,20). The highest BCUT2D eigenvalue weighted by Gasteiger charge is 2.07. The number of hydrogen-bond acceptors (Lipinski definition) is 4. The summed E-state index contributed by atoms with van der Waals surface area (Å²) in [6.45, 7) is 0.602. The van der Waals surface area contributed by atoms with Crippen molar-refractivity contribution in [3.05, 3.63) is 59.4 Å². The van der Waals surface area contributed by atoms with Crippen molar-refractivity contribution in [1.29, 1.82) is 5.26 Å². The smallest absolute Gasteiger partial charge is 0.255 e. The first kappa shape index (κ1) is 13.7. The molecule has 0 fully saturated rings. The molecule has 2 rings (SSSR count). The Morgan fingerprint density at radius 1 is 1.35 bits per heavy atom. The van der Waals surface area contributed by atoms with Gasteiger partial charge < -0.3 is 10.6 Å². The van der Waals surface area contributed by atoms with Crippen molar-refractivity contribution in [2.24, 2.45) is 0 Å². The number of rotatable bonds is 4. The maximum Gasteiger partial charge on any atom is 0.255 e. The van der Waals surface area contributed by atoms with Gasteiger partial charge in [0.05, 0.1) is 17.3 Å². The second-order valence-electron chi connectivity index (χ2n) is 4.21. The fourth-order valence-corrected chi connectivity index (χ4v) is 1.77. The fourth-order valence-electron chi connectivity index (χ4n) is 1.77. The largest absolute Gasteiger partial charge is 0.322 e. The molecule has 5 heteroatoms. The van der Waals surface area contributed by atoms with Crippen molar-refractivity contribution in [1.82, 2.24) is 10.3 Å². The predicted octanol–water partition coefficient (Wildman–Crippen LogP) is 1.92. The van der Waals surface area contributed by atoms with Crippen LogP contribution in [0.3, 0.4) is 0 Å². The maximum atomic E-state index is 12.1. The molecule has 0 radical (unpaired) electrons. The molecule has 2 aromatic rings. The van der Waals surface area contributed by atoms with Crippen molar-refractivity contribution in [2.45, 2.75) is 6.54 Å². The molecule has 0 saturated carbocycles. The number of pyridine rings is 1. The number of nitrogens with zero attached hydrogens (tertiary/aromatic N) is 2. The van der Waals surface area contributed by atoms with Crippen LogP contribution in [0.2, 0.25) is 0 Å². The third-order valence-electron chi connectivity index (χ3n) is 2.69. The molecule has 0 aliphatic carbocycles. The minimum atomic E-state index is -0.222. The minimum absolute atomic E-state index is 0.222. The lowest BCUT2D eigenvalue weighted by molar-refractivity contribution is 0.102. The molecule has 5 nitrogen and oxygen atoms in total. The zero-order chi connectivity index (χ0) is 14.4. The number of anilines is 1. The molecule has 0 atom stereocenters. The van der Waals surface area contributed by atoms with E-state index in [1.165, 1.54) is 0 Å². The van der Waals surface area contributed by atoms with Gasteiger partial charge in [-0.3, -0.25) is 9.78 Å². The van der Waals surface area contributed by atoms with E-state index in [9.17, 15) is 4.79 Å². The van der Waals surface area contributed by atoms with Crippen LogP contribution >= 0.6 is 0 Å². The van der Waals surface area contributed by atoms with Gasteiger partial charge in [-0.25, -0.2) is 0 Å². The summed E-state index contributed by atoms with van der Waals surface area (Å²) >= 11 is 0. The highest BCUT2D eigenvalue weighted by Crippen LogP contribution is 2.12. The van der Waals surface area contributed by atoms with E-state index in [1.807, 2.05) is 13.1 Å². The van der Waals surface area contributed by atoms with Gasteiger partial charge >= 0.3 is 0 Å². The van der Waals surface area contributed by atoms with E-state index in [4.69, 9.17) is 5.26 Å². The lowest BCUT2D eigenvalue weighted by Gasteiger charge is -2.06. The quantitative estimate of drug-likeness (QED) is 0.886. The van der Waals surface area contributed by atoms with Gasteiger partial charge in [-0.15, -0.1) is 0 Å². The fraction of sp³-hybridized carbons (Fsp3) is 0.133. The van der Waals surface area contributed by atoms with Gasteiger partial charge in [0.1, 0.15) is 0 Å². The molecule has 0 spiro atoms. The van der Waals surface area contributed by atoms with Gasteiger partial charge in [-0.05, 0) is 37.4 Å². The van der Waals surface area contributed by atoms with E-state index in [-0.39, 0.29) is 5.91 Å². The van der Waals surface area contributed by atoms with Crippen molar-refractivity contribution in [3.8, 4) is 6.07 Å². The molecule has 20 heavy (non-hydrogen) atoms. The van der Waals surface area contributed by atoms with E-state index in [0.29, 0.717) is 23.4 Å². The highest BCUT2D eigenvalue weighted by atomic mass is 16.1. The van der Waals surface area contributed by atoms with Crippen LogP contribution in [0.15, 0.2) is 42.6 Å². The molecule has 0 aliphatic rings. The topological polar surface area (TPSA) is 77.8 Å². The molecular formula is C15H14N4O. The second-order valence-corrected chi connectivity index (χ2v) is 4.21. The number of carbonyl (C=O) groups excluding carboxylic acids is 1. The van der Waals surface area contributed by atoms with Gasteiger partial charge in [0.15, 0.2) is 0 Å². The molecule has 0 aliphatic heterocycles. The SMILES string of the molecule is CNCc1cc(C(=O)Nc2cccc(C#N)c2)ccn1. The molecule has 1 aromatic heterocycles. The number of aromatic nitrogens is 1. The van der Waals surface area contributed by atoms with Crippen molar-refractivity contribution < 1.29 is 4.79 Å². The number of carbonyl (C=O) groups is 1. The Morgan fingerprint density at radius 3 is 2.95 bits per heavy atom. The van der Waals surface area contributed by atoms with Crippen molar-refractivity contribution in [2.75, 3.05) is 12.4 Å². The second kappa shape index (κ2) is 6.45. The Kier molecular flexibility index (Phi) is 4.43. The number of nitriles is 1. The average Bonchev–Trinajstić information content (AvgIpc) is 2.48.